The molecule has 0 radical (unpaired) electrons. The molecule has 0 bridgehead atoms. The largest absolute Gasteiger partial charge is 0.388 e. The maximum Gasteiger partial charge on any atom is 0.241 e. The highest BCUT2D eigenvalue weighted by Gasteiger charge is 2.20. The molecule has 2 aromatic rings. The van der Waals surface area contributed by atoms with Gasteiger partial charge in [-0.1, -0.05) is 5.16 Å². The van der Waals surface area contributed by atoms with Gasteiger partial charge >= 0.3 is 0 Å². The number of nitrogens with zero attached hydrogens (tertiary/aromatic N) is 1. The van der Waals surface area contributed by atoms with Crippen LogP contribution >= 0.6 is 0 Å². The standard InChI is InChI=1S/C13H17N3O3S/c1-9-6-12(14-3)7-10(2)13(9)20(17,18)15-8-11-4-5-19-16-11/h4-7,14-15H,8H2,1-3H3. The summed E-state index contributed by atoms with van der Waals surface area (Å²) in [6.07, 6.45) is 1.40. The number of nitrogens with one attached hydrogen (secondary N) is 2. The Hall–Kier alpha value is -1.86. The van der Waals surface area contributed by atoms with E-state index in [1.807, 2.05) is 0 Å². The molecule has 6 nitrogen and oxygen atoms in total. The Labute approximate surface area is 118 Å². The third-order valence-electron chi connectivity index (χ3n) is 2.95. The summed E-state index contributed by atoms with van der Waals surface area (Å²) >= 11 is 0. The molecule has 0 aliphatic heterocycles. The molecule has 108 valence electrons. The lowest BCUT2D eigenvalue weighted by Gasteiger charge is -2.13. The molecule has 0 aliphatic carbocycles. The number of hydrogen-bond donors (Lipinski definition) is 2. The Bertz CT molecular complexity index is 671. The lowest BCUT2D eigenvalue weighted by molar-refractivity contribution is 0.411. The summed E-state index contributed by atoms with van der Waals surface area (Å²) in [4.78, 5) is 0.306. The van der Waals surface area contributed by atoms with Crippen LogP contribution in [-0.4, -0.2) is 20.6 Å². The molecule has 0 amide bonds. The molecule has 2 rings (SSSR count). The highest BCUT2D eigenvalue weighted by Crippen LogP contribution is 2.24. The Morgan fingerprint density at radius 2 is 1.90 bits per heavy atom. The molecule has 2 N–H and O–H groups in total. The molecule has 0 atom stereocenters. The maximum absolute atomic E-state index is 12.4. The fourth-order valence-electron chi connectivity index (χ4n) is 2.09. The van der Waals surface area contributed by atoms with Crippen LogP contribution in [0.5, 0.6) is 0 Å². The molecule has 0 fully saturated rings. The number of anilines is 1. The van der Waals surface area contributed by atoms with Crippen LogP contribution in [0.15, 0.2) is 33.9 Å². The highest BCUT2D eigenvalue weighted by molar-refractivity contribution is 7.89. The van der Waals surface area contributed by atoms with E-state index in [2.05, 4.69) is 19.7 Å². The highest BCUT2D eigenvalue weighted by atomic mass is 32.2. The van der Waals surface area contributed by atoms with Gasteiger partial charge in [0.1, 0.15) is 6.26 Å². The van der Waals surface area contributed by atoms with Crippen LogP contribution in [-0.2, 0) is 16.6 Å². The zero-order valence-corrected chi connectivity index (χ0v) is 12.4. The summed E-state index contributed by atoms with van der Waals surface area (Å²) in [7, 11) is -1.79. The molecule has 0 spiro atoms. The van der Waals surface area contributed by atoms with Gasteiger partial charge in [-0.05, 0) is 37.1 Å². The zero-order chi connectivity index (χ0) is 14.8. The van der Waals surface area contributed by atoms with E-state index in [1.54, 1.807) is 39.1 Å². The zero-order valence-electron chi connectivity index (χ0n) is 11.6. The van der Waals surface area contributed by atoms with E-state index in [-0.39, 0.29) is 6.54 Å². The summed E-state index contributed by atoms with van der Waals surface area (Å²) in [6, 6.07) is 5.22. The van der Waals surface area contributed by atoms with Crippen molar-refractivity contribution < 1.29 is 12.9 Å². The van der Waals surface area contributed by atoms with Crippen LogP contribution in [0.4, 0.5) is 5.69 Å². The first-order chi connectivity index (χ1) is 9.44. The van der Waals surface area contributed by atoms with Crippen molar-refractivity contribution in [3.8, 4) is 0 Å². The normalized spacial score (nSPS) is 11.6. The van der Waals surface area contributed by atoms with Gasteiger partial charge in [-0.2, -0.15) is 0 Å². The smallest absolute Gasteiger partial charge is 0.241 e. The number of rotatable bonds is 5. The molecule has 1 aromatic heterocycles. The van der Waals surface area contributed by atoms with Gasteiger partial charge in [0.2, 0.25) is 10.0 Å². The van der Waals surface area contributed by atoms with Crippen molar-refractivity contribution in [1.29, 1.82) is 0 Å². The van der Waals surface area contributed by atoms with Gasteiger partial charge < -0.3 is 9.84 Å². The Kier molecular flexibility index (Phi) is 4.10. The second kappa shape index (κ2) is 5.64. The van der Waals surface area contributed by atoms with Crippen LogP contribution in [0, 0.1) is 13.8 Å². The van der Waals surface area contributed by atoms with E-state index >= 15 is 0 Å². The third-order valence-corrected chi connectivity index (χ3v) is 4.66. The number of hydrogen-bond acceptors (Lipinski definition) is 5. The van der Waals surface area contributed by atoms with E-state index in [4.69, 9.17) is 0 Å². The van der Waals surface area contributed by atoms with Crippen molar-refractivity contribution in [2.24, 2.45) is 0 Å². The summed E-state index contributed by atoms with van der Waals surface area (Å²) in [5, 5.41) is 6.68. The van der Waals surface area contributed by atoms with Crippen molar-refractivity contribution in [2.75, 3.05) is 12.4 Å². The third kappa shape index (κ3) is 3.00. The minimum absolute atomic E-state index is 0.103. The topological polar surface area (TPSA) is 84.2 Å². The monoisotopic (exact) mass is 295 g/mol. The van der Waals surface area contributed by atoms with Gasteiger partial charge in [0.15, 0.2) is 0 Å². The van der Waals surface area contributed by atoms with Gasteiger partial charge in [0.05, 0.1) is 17.1 Å². The average molecular weight is 295 g/mol. The SMILES string of the molecule is CNc1cc(C)c(S(=O)(=O)NCc2ccon2)c(C)c1. The van der Waals surface area contributed by atoms with Gasteiger partial charge in [-0.25, -0.2) is 13.1 Å². The molecule has 20 heavy (non-hydrogen) atoms. The molecule has 0 saturated carbocycles. The summed E-state index contributed by atoms with van der Waals surface area (Å²) in [6.45, 7) is 3.66. The molecular weight excluding hydrogens is 278 g/mol. The molecule has 0 aliphatic rings. The predicted molar refractivity (Wildman–Crippen MR) is 76.0 cm³/mol. The first kappa shape index (κ1) is 14.5. The van der Waals surface area contributed by atoms with E-state index in [1.165, 1.54) is 6.26 Å². The van der Waals surface area contributed by atoms with E-state index in [0.717, 1.165) is 5.69 Å². The summed E-state index contributed by atoms with van der Waals surface area (Å²) in [5.41, 5.74) is 2.81. The molecule has 0 saturated heterocycles. The van der Waals surface area contributed by atoms with Gasteiger partial charge in [-0.15, -0.1) is 0 Å². The molecule has 0 unspecified atom stereocenters. The second-order valence-electron chi connectivity index (χ2n) is 4.50. The molecule has 7 heteroatoms. The summed E-state index contributed by atoms with van der Waals surface area (Å²) in [5.74, 6) is 0. The van der Waals surface area contributed by atoms with Crippen molar-refractivity contribution >= 4 is 15.7 Å². The maximum atomic E-state index is 12.4. The number of aromatic nitrogens is 1. The van der Waals surface area contributed by atoms with Crippen LogP contribution in [0.25, 0.3) is 0 Å². The van der Waals surface area contributed by atoms with Crippen LogP contribution in [0.3, 0.4) is 0 Å². The Balaban J connectivity index is 2.29. The Morgan fingerprint density at radius 1 is 1.25 bits per heavy atom. The van der Waals surface area contributed by atoms with E-state index in [9.17, 15) is 8.42 Å². The first-order valence-electron chi connectivity index (χ1n) is 6.12. The fourth-order valence-corrected chi connectivity index (χ4v) is 3.54. The number of sulfonamides is 1. The van der Waals surface area contributed by atoms with Crippen LogP contribution in [0.1, 0.15) is 16.8 Å². The van der Waals surface area contributed by atoms with E-state index in [0.29, 0.717) is 21.7 Å². The minimum Gasteiger partial charge on any atom is -0.388 e. The lowest BCUT2D eigenvalue weighted by Crippen LogP contribution is -2.25. The second-order valence-corrected chi connectivity index (χ2v) is 6.21. The van der Waals surface area contributed by atoms with Crippen molar-refractivity contribution in [2.45, 2.75) is 25.3 Å². The van der Waals surface area contributed by atoms with Gasteiger partial charge in [0.25, 0.3) is 0 Å². The van der Waals surface area contributed by atoms with Crippen molar-refractivity contribution in [3.05, 3.63) is 41.3 Å². The average Bonchev–Trinajstić information content (AvgIpc) is 2.88. The minimum atomic E-state index is -3.58. The fraction of sp³-hybridized carbons (Fsp3) is 0.308. The first-order valence-corrected chi connectivity index (χ1v) is 7.60. The predicted octanol–water partition coefficient (Wildman–Crippen LogP) is 1.81. The lowest BCUT2D eigenvalue weighted by atomic mass is 10.1. The van der Waals surface area contributed by atoms with Gasteiger partial charge in [-0.3, -0.25) is 0 Å². The van der Waals surface area contributed by atoms with Gasteiger partial charge in [0, 0.05) is 18.8 Å². The molecular formula is C13H17N3O3S. The quantitative estimate of drug-likeness (QED) is 0.879. The van der Waals surface area contributed by atoms with Crippen LogP contribution < -0.4 is 10.0 Å². The molecule has 1 aromatic carbocycles. The van der Waals surface area contributed by atoms with Crippen molar-refractivity contribution in [1.82, 2.24) is 9.88 Å². The Morgan fingerprint density at radius 3 is 2.40 bits per heavy atom. The number of aryl methyl sites for hydroxylation is 2. The number of benzene rings is 1. The van der Waals surface area contributed by atoms with E-state index < -0.39 is 10.0 Å². The summed E-state index contributed by atoms with van der Waals surface area (Å²) < 4.78 is 32.0. The van der Waals surface area contributed by atoms with Crippen molar-refractivity contribution in [3.63, 3.8) is 0 Å². The molecule has 1 heterocycles. The van der Waals surface area contributed by atoms with Crippen LogP contribution in [0.2, 0.25) is 0 Å².